The monoisotopic (exact) mass is 219 g/mol. The molecule has 78 valence electrons. The fraction of sp³-hybridized carbons (Fsp3) is 0.231. The molecule has 0 fully saturated rings. The molecule has 0 aliphatic rings. The third-order valence-electron chi connectivity index (χ3n) is 2.47. The van der Waals surface area contributed by atoms with Crippen molar-refractivity contribution in [3.05, 3.63) is 47.0 Å². The van der Waals surface area contributed by atoms with Crippen LogP contribution in [0.5, 0.6) is 0 Å². The molecular formula is C13H14ClN. The van der Waals surface area contributed by atoms with Gasteiger partial charge < -0.3 is 5.73 Å². The maximum Gasteiger partial charge on any atom is 0.0412 e. The fourth-order valence-corrected chi connectivity index (χ4v) is 2.03. The van der Waals surface area contributed by atoms with Crippen LogP contribution in [0.3, 0.4) is 0 Å². The fourth-order valence-electron chi connectivity index (χ4n) is 1.85. The van der Waals surface area contributed by atoms with Crippen molar-refractivity contribution in [1.29, 1.82) is 0 Å². The van der Waals surface area contributed by atoms with Gasteiger partial charge in [0.05, 0.1) is 0 Å². The Morgan fingerprint density at radius 2 is 2.07 bits per heavy atom. The summed E-state index contributed by atoms with van der Waals surface area (Å²) in [6, 6.07) is 12.4. The van der Waals surface area contributed by atoms with Gasteiger partial charge in [0.2, 0.25) is 0 Å². The molecule has 0 saturated heterocycles. The topological polar surface area (TPSA) is 26.0 Å². The van der Waals surface area contributed by atoms with Crippen LogP contribution in [0.2, 0.25) is 5.02 Å². The highest BCUT2D eigenvalue weighted by atomic mass is 35.5. The van der Waals surface area contributed by atoms with Gasteiger partial charge in [0.15, 0.2) is 0 Å². The molecule has 2 aromatic carbocycles. The molecule has 2 aromatic rings. The standard InChI is InChI=1S/C13H14ClN/c1-9(15)7-10-3-2-4-11-8-12(14)5-6-13(10)11/h2-6,8-9H,7,15H2,1H3. The van der Waals surface area contributed by atoms with E-state index in [1.165, 1.54) is 16.3 Å². The lowest BCUT2D eigenvalue weighted by Crippen LogP contribution is -2.17. The van der Waals surface area contributed by atoms with E-state index in [0.29, 0.717) is 0 Å². The minimum absolute atomic E-state index is 0.186. The van der Waals surface area contributed by atoms with E-state index in [2.05, 4.69) is 24.3 Å². The summed E-state index contributed by atoms with van der Waals surface area (Å²) in [4.78, 5) is 0. The van der Waals surface area contributed by atoms with Gasteiger partial charge in [0, 0.05) is 11.1 Å². The van der Waals surface area contributed by atoms with E-state index in [1.54, 1.807) is 0 Å². The molecular weight excluding hydrogens is 206 g/mol. The van der Waals surface area contributed by atoms with Gasteiger partial charge in [-0.15, -0.1) is 0 Å². The van der Waals surface area contributed by atoms with E-state index in [1.807, 2.05) is 19.1 Å². The van der Waals surface area contributed by atoms with Crippen LogP contribution >= 0.6 is 11.6 Å². The van der Waals surface area contributed by atoms with Crippen LogP contribution in [-0.2, 0) is 6.42 Å². The second kappa shape index (κ2) is 4.21. The number of halogens is 1. The maximum absolute atomic E-state index is 5.95. The zero-order chi connectivity index (χ0) is 10.8. The Morgan fingerprint density at radius 1 is 1.27 bits per heavy atom. The van der Waals surface area contributed by atoms with Crippen molar-refractivity contribution >= 4 is 22.4 Å². The third kappa shape index (κ3) is 2.31. The largest absolute Gasteiger partial charge is 0.328 e. The smallest absolute Gasteiger partial charge is 0.0412 e. The first-order valence-corrected chi connectivity index (χ1v) is 5.47. The van der Waals surface area contributed by atoms with Crippen molar-refractivity contribution in [3.63, 3.8) is 0 Å². The second-order valence-corrected chi connectivity index (χ2v) is 4.40. The van der Waals surface area contributed by atoms with Gasteiger partial charge in [-0.1, -0.05) is 35.9 Å². The van der Waals surface area contributed by atoms with Gasteiger partial charge in [-0.25, -0.2) is 0 Å². The van der Waals surface area contributed by atoms with E-state index in [9.17, 15) is 0 Å². The van der Waals surface area contributed by atoms with Gasteiger partial charge in [-0.05, 0) is 41.8 Å². The molecule has 0 radical (unpaired) electrons. The number of fused-ring (bicyclic) bond motifs is 1. The maximum atomic E-state index is 5.95. The Bertz CT molecular complexity index is 477. The van der Waals surface area contributed by atoms with Crippen molar-refractivity contribution in [3.8, 4) is 0 Å². The molecule has 2 heteroatoms. The predicted molar refractivity (Wildman–Crippen MR) is 66.3 cm³/mol. The summed E-state index contributed by atoms with van der Waals surface area (Å²) in [6.45, 7) is 2.02. The predicted octanol–water partition coefficient (Wildman–Crippen LogP) is 3.38. The molecule has 2 rings (SSSR count). The second-order valence-electron chi connectivity index (χ2n) is 3.96. The normalized spacial score (nSPS) is 13.0. The molecule has 0 saturated carbocycles. The van der Waals surface area contributed by atoms with Crippen LogP contribution in [0.4, 0.5) is 0 Å². The summed E-state index contributed by atoms with van der Waals surface area (Å²) in [5.41, 5.74) is 7.11. The number of hydrogen-bond acceptors (Lipinski definition) is 1. The Labute approximate surface area is 94.9 Å². The van der Waals surface area contributed by atoms with E-state index in [0.717, 1.165) is 11.4 Å². The Hall–Kier alpha value is -1.05. The van der Waals surface area contributed by atoms with Crippen molar-refractivity contribution in [2.24, 2.45) is 5.73 Å². The molecule has 0 aliphatic carbocycles. The highest BCUT2D eigenvalue weighted by molar-refractivity contribution is 6.31. The average Bonchev–Trinajstić information content (AvgIpc) is 2.16. The lowest BCUT2D eigenvalue weighted by atomic mass is 10.00. The molecule has 0 aliphatic heterocycles. The zero-order valence-electron chi connectivity index (χ0n) is 8.70. The van der Waals surface area contributed by atoms with Crippen molar-refractivity contribution in [1.82, 2.24) is 0 Å². The Kier molecular flexibility index (Phi) is 2.94. The minimum atomic E-state index is 0.186. The lowest BCUT2D eigenvalue weighted by molar-refractivity contribution is 0.742. The average molecular weight is 220 g/mol. The van der Waals surface area contributed by atoms with Gasteiger partial charge in [0.1, 0.15) is 0 Å². The van der Waals surface area contributed by atoms with Crippen LogP contribution in [0.25, 0.3) is 10.8 Å². The molecule has 1 nitrogen and oxygen atoms in total. The molecule has 0 spiro atoms. The van der Waals surface area contributed by atoms with Crippen LogP contribution in [-0.4, -0.2) is 6.04 Å². The van der Waals surface area contributed by atoms with Crippen molar-refractivity contribution in [2.45, 2.75) is 19.4 Å². The molecule has 0 heterocycles. The summed E-state index contributed by atoms with van der Waals surface area (Å²) in [5.74, 6) is 0. The molecule has 1 unspecified atom stereocenters. The van der Waals surface area contributed by atoms with Gasteiger partial charge in [0.25, 0.3) is 0 Å². The summed E-state index contributed by atoms with van der Waals surface area (Å²) in [7, 11) is 0. The van der Waals surface area contributed by atoms with E-state index < -0.39 is 0 Å². The highest BCUT2D eigenvalue weighted by Gasteiger charge is 2.03. The SMILES string of the molecule is CC(N)Cc1cccc2cc(Cl)ccc12. The van der Waals surface area contributed by atoms with Crippen LogP contribution in [0.15, 0.2) is 36.4 Å². The summed E-state index contributed by atoms with van der Waals surface area (Å²) in [5, 5.41) is 3.21. The molecule has 0 bridgehead atoms. The van der Waals surface area contributed by atoms with Crippen LogP contribution < -0.4 is 5.73 Å². The first-order chi connectivity index (χ1) is 7.16. The highest BCUT2D eigenvalue weighted by Crippen LogP contribution is 2.23. The van der Waals surface area contributed by atoms with E-state index in [-0.39, 0.29) is 6.04 Å². The zero-order valence-corrected chi connectivity index (χ0v) is 9.46. The minimum Gasteiger partial charge on any atom is -0.328 e. The van der Waals surface area contributed by atoms with Gasteiger partial charge in [-0.2, -0.15) is 0 Å². The lowest BCUT2D eigenvalue weighted by Gasteiger charge is -2.09. The number of nitrogens with two attached hydrogens (primary N) is 1. The third-order valence-corrected chi connectivity index (χ3v) is 2.71. The molecule has 1 atom stereocenters. The Balaban J connectivity index is 2.56. The first-order valence-electron chi connectivity index (χ1n) is 5.09. The molecule has 2 N–H and O–H groups in total. The quantitative estimate of drug-likeness (QED) is 0.824. The van der Waals surface area contributed by atoms with E-state index in [4.69, 9.17) is 17.3 Å². The molecule has 0 aromatic heterocycles. The summed E-state index contributed by atoms with van der Waals surface area (Å²) >= 11 is 5.95. The summed E-state index contributed by atoms with van der Waals surface area (Å²) < 4.78 is 0. The number of rotatable bonds is 2. The summed E-state index contributed by atoms with van der Waals surface area (Å²) in [6.07, 6.45) is 0.902. The number of hydrogen-bond donors (Lipinski definition) is 1. The van der Waals surface area contributed by atoms with E-state index >= 15 is 0 Å². The molecule has 15 heavy (non-hydrogen) atoms. The molecule has 0 amide bonds. The Morgan fingerprint density at radius 3 is 2.80 bits per heavy atom. The number of benzene rings is 2. The van der Waals surface area contributed by atoms with Crippen molar-refractivity contribution in [2.75, 3.05) is 0 Å². The first kappa shape index (κ1) is 10.5. The van der Waals surface area contributed by atoms with Crippen LogP contribution in [0, 0.1) is 0 Å². The van der Waals surface area contributed by atoms with Gasteiger partial charge >= 0.3 is 0 Å². The van der Waals surface area contributed by atoms with Crippen LogP contribution in [0.1, 0.15) is 12.5 Å². The van der Waals surface area contributed by atoms with Crippen molar-refractivity contribution < 1.29 is 0 Å². The van der Waals surface area contributed by atoms with Gasteiger partial charge in [-0.3, -0.25) is 0 Å².